The summed E-state index contributed by atoms with van der Waals surface area (Å²) in [6.45, 7) is 1.89. The molecule has 3 rings (SSSR count). The van der Waals surface area contributed by atoms with Crippen LogP contribution in [0.25, 0.3) is 11.5 Å². The number of hydrogen-bond donors (Lipinski definition) is 1. The minimum Gasteiger partial charge on any atom is -0.455 e. The van der Waals surface area contributed by atoms with Gasteiger partial charge < -0.3 is 14.5 Å². The number of carbonyl (C=O) groups is 2. The maximum absolute atomic E-state index is 12.0. The van der Waals surface area contributed by atoms with E-state index in [4.69, 9.17) is 9.15 Å². The number of oxazole rings is 1. The molecular weight excluding hydrogens is 332 g/mol. The van der Waals surface area contributed by atoms with Crippen molar-refractivity contribution in [1.82, 2.24) is 10.3 Å². The molecule has 138 valence electrons. The van der Waals surface area contributed by atoms with Crippen LogP contribution in [0.4, 0.5) is 0 Å². The van der Waals surface area contributed by atoms with Gasteiger partial charge in [-0.15, -0.1) is 0 Å². The van der Waals surface area contributed by atoms with Crippen molar-refractivity contribution in [1.29, 1.82) is 0 Å². The van der Waals surface area contributed by atoms with E-state index in [9.17, 15) is 9.59 Å². The number of amides is 1. The van der Waals surface area contributed by atoms with E-state index in [2.05, 4.69) is 17.2 Å². The Bertz CT molecular complexity index is 741. The molecule has 1 aromatic carbocycles. The Hall–Kier alpha value is -2.63. The Kier molecular flexibility index (Phi) is 6.04. The average molecular weight is 356 g/mol. The molecule has 2 aromatic rings. The van der Waals surface area contributed by atoms with Gasteiger partial charge >= 0.3 is 5.97 Å². The molecule has 2 atom stereocenters. The van der Waals surface area contributed by atoms with Crippen LogP contribution in [0, 0.1) is 5.92 Å². The lowest BCUT2D eigenvalue weighted by Crippen LogP contribution is -2.42. The molecule has 1 aromatic heterocycles. The third-order valence-corrected chi connectivity index (χ3v) is 4.72. The zero-order valence-corrected chi connectivity index (χ0v) is 14.9. The summed E-state index contributed by atoms with van der Waals surface area (Å²) in [7, 11) is 0. The van der Waals surface area contributed by atoms with E-state index >= 15 is 0 Å². The molecule has 6 nitrogen and oxygen atoms in total. The van der Waals surface area contributed by atoms with Gasteiger partial charge in [-0.05, 0) is 30.9 Å². The average Bonchev–Trinajstić information content (AvgIpc) is 3.11. The van der Waals surface area contributed by atoms with E-state index in [0.717, 1.165) is 24.8 Å². The van der Waals surface area contributed by atoms with Crippen LogP contribution in [0.2, 0.25) is 0 Å². The minimum absolute atomic E-state index is 0.0244. The first-order valence-corrected chi connectivity index (χ1v) is 9.06. The Labute approximate surface area is 152 Å². The van der Waals surface area contributed by atoms with Crippen LogP contribution < -0.4 is 5.32 Å². The Morgan fingerprint density at radius 1 is 1.23 bits per heavy atom. The minimum atomic E-state index is -0.496. The largest absolute Gasteiger partial charge is 0.455 e. The first-order valence-electron chi connectivity index (χ1n) is 9.06. The summed E-state index contributed by atoms with van der Waals surface area (Å²) in [5, 5.41) is 2.96. The monoisotopic (exact) mass is 356 g/mol. The summed E-state index contributed by atoms with van der Waals surface area (Å²) in [6.07, 6.45) is 5.87. The molecule has 1 N–H and O–H groups in total. The highest BCUT2D eigenvalue weighted by molar-refractivity contribution is 5.81. The number of nitrogens with one attached hydrogen (secondary N) is 1. The van der Waals surface area contributed by atoms with Crippen LogP contribution in [0.1, 0.15) is 38.3 Å². The van der Waals surface area contributed by atoms with Gasteiger partial charge in [-0.3, -0.25) is 9.59 Å². The van der Waals surface area contributed by atoms with Crippen LogP contribution in [0.15, 0.2) is 41.0 Å². The van der Waals surface area contributed by atoms with Crippen LogP contribution in [-0.2, 0) is 20.7 Å². The van der Waals surface area contributed by atoms with Gasteiger partial charge in [-0.25, -0.2) is 4.98 Å². The Morgan fingerprint density at radius 2 is 2.00 bits per heavy atom. The van der Waals surface area contributed by atoms with Crippen LogP contribution in [-0.4, -0.2) is 29.5 Å². The molecule has 1 aliphatic rings. The van der Waals surface area contributed by atoms with Gasteiger partial charge in [0.25, 0.3) is 5.91 Å². The molecule has 0 bridgehead atoms. The normalized spacial score (nSPS) is 19.7. The summed E-state index contributed by atoms with van der Waals surface area (Å²) in [6, 6.07) is 9.62. The molecule has 1 saturated carbocycles. The second-order valence-electron chi connectivity index (χ2n) is 6.78. The van der Waals surface area contributed by atoms with E-state index in [0.29, 0.717) is 17.5 Å². The number of carbonyl (C=O) groups excluding carboxylic acids is 2. The van der Waals surface area contributed by atoms with Crippen molar-refractivity contribution in [2.75, 3.05) is 6.61 Å². The van der Waals surface area contributed by atoms with Gasteiger partial charge in [0.15, 0.2) is 6.61 Å². The Morgan fingerprint density at radius 3 is 2.77 bits per heavy atom. The molecule has 1 aliphatic carbocycles. The van der Waals surface area contributed by atoms with E-state index in [1.165, 1.54) is 12.7 Å². The number of hydrogen-bond acceptors (Lipinski definition) is 5. The number of nitrogens with zero attached hydrogens (tertiary/aromatic N) is 1. The highest BCUT2D eigenvalue weighted by Crippen LogP contribution is 2.23. The molecule has 2 unspecified atom stereocenters. The molecule has 0 aliphatic heterocycles. The van der Waals surface area contributed by atoms with Crippen molar-refractivity contribution >= 4 is 11.9 Å². The first kappa shape index (κ1) is 18.2. The van der Waals surface area contributed by atoms with Gasteiger partial charge in [-0.2, -0.15) is 0 Å². The lowest BCUT2D eigenvalue weighted by molar-refractivity contribution is -0.148. The highest BCUT2D eigenvalue weighted by atomic mass is 16.5. The lowest BCUT2D eigenvalue weighted by atomic mass is 9.86. The molecule has 0 radical (unpaired) electrons. The number of benzene rings is 1. The quantitative estimate of drug-likeness (QED) is 0.804. The molecule has 0 spiro atoms. The number of ether oxygens (including phenoxy) is 1. The first-order chi connectivity index (χ1) is 12.6. The molecule has 0 saturated heterocycles. The third kappa shape index (κ3) is 4.94. The van der Waals surface area contributed by atoms with Crippen molar-refractivity contribution in [2.45, 2.75) is 45.1 Å². The lowest BCUT2D eigenvalue weighted by Gasteiger charge is -2.29. The molecule has 6 heteroatoms. The van der Waals surface area contributed by atoms with Crippen LogP contribution in [0.5, 0.6) is 0 Å². The molecule has 1 heterocycles. The maximum Gasteiger partial charge on any atom is 0.312 e. The predicted molar refractivity (Wildman–Crippen MR) is 96.2 cm³/mol. The topological polar surface area (TPSA) is 81.4 Å². The van der Waals surface area contributed by atoms with Gasteiger partial charge in [0, 0.05) is 11.6 Å². The zero-order chi connectivity index (χ0) is 18.4. The van der Waals surface area contributed by atoms with Crippen molar-refractivity contribution < 1.29 is 18.7 Å². The standard InChI is InChI=1S/C20H24N2O4/c1-14-7-5-6-10-17(14)22-18(23)13-25-19(24)11-16-12-26-20(21-16)15-8-3-2-4-9-15/h2-4,8-9,12,14,17H,5-7,10-11,13H2,1H3,(H,22,23). The zero-order valence-electron chi connectivity index (χ0n) is 14.9. The third-order valence-electron chi connectivity index (χ3n) is 4.72. The van der Waals surface area contributed by atoms with Gasteiger partial charge in [-0.1, -0.05) is 38.0 Å². The van der Waals surface area contributed by atoms with E-state index in [-0.39, 0.29) is 25.0 Å². The number of aromatic nitrogens is 1. The fraction of sp³-hybridized carbons (Fsp3) is 0.450. The van der Waals surface area contributed by atoms with Gasteiger partial charge in [0.05, 0.1) is 12.1 Å². The number of rotatable bonds is 6. The second-order valence-corrected chi connectivity index (χ2v) is 6.78. The maximum atomic E-state index is 12.0. The fourth-order valence-electron chi connectivity index (χ4n) is 3.23. The van der Waals surface area contributed by atoms with Crippen molar-refractivity contribution in [3.05, 3.63) is 42.3 Å². The summed E-state index contributed by atoms with van der Waals surface area (Å²) >= 11 is 0. The van der Waals surface area contributed by atoms with E-state index in [1.807, 2.05) is 30.3 Å². The molecule has 1 amide bonds. The molecular formula is C20H24N2O4. The number of esters is 1. The van der Waals surface area contributed by atoms with Crippen molar-refractivity contribution in [3.63, 3.8) is 0 Å². The highest BCUT2D eigenvalue weighted by Gasteiger charge is 2.23. The van der Waals surface area contributed by atoms with Crippen molar-refractivity contribution in [3.8, 4) is 11.5 Å². The van der Waals surface area contributed by atoms with E-state index in [1.54, 1.807) is 0 Å². The SMILES string of the molecule is CC1CCCCC1NC(=O)COC(=O)Cc1coc(-c2ccccc2)n1. The van der Waals surface area contributed by atoms with Gasteiger partial charge in [0.2, 0.25) is 5.89 Å². The molecule has 26 heavy (non-hydrogen) atoms. The summed E-state index contributed by atoms with van der Waals surface area (Å²) < 4.78 is 10.5. The summed E-state index contributed by atoms with van der Waals surface area (Å²) in [5.74, 6) is 0.180. The summed E-state index contributed by atoms with van der Waals surface area (Å²) in [4.78, 5) is 28.2. The van der Waals surface area contributed by atoms with E-state index < -0.39 is 5.97 Å². The Balaban J connectivity index is 1.44. The smallest absolute Gasteiger partial charge is 0.312 e. The van der Waals surface area contributed by atoms with Crippen LogP contribution >= 0.6 is 0 Å². The van der Waals surface area contributed by atoms with Gasteiger partial charge in [0.1, 0.15) is 6.26 Å². The fourth-order valence-corrected chi connectivity index (χ4v) is 3.23. The van der Waals surface area contributed by atoms with Crippen LogP contribution in [0.3, 0.4) is 0 Å². The second kappa shape index (κ2) is 8.65. The summed E-state index contributed by atoms with van der Waals surface area (Å²) in [5.41, 5.74) is 1.32. The van der Waals surface area contributed by atoms with Crippen molar-refractivity contribution in [2.24, 2.45) is 5.92 Å². The molecule has 1 fully saturated rings. The predicted octanol–water partition coefficient (Wildman–Crippen LogP) is 3.12.